The van der Waals surface area contributed by atoms with E-state index in [1.165, 1.54) is 0 Å². The molecule has 1 saturated heterocycles. The minimum Gasteiger partial charge on any atom is -0.374 e. The largest absolute Gasteiger partial charge is 0.374 e. The molecular weight excluding hydrogens is 316 g/mol. The number of ether oxygens (including phenoxy) is 1. The molecule has 0 spiro atoms. The number of hydrogen-bond donors (Lipinski definition) is 1. The lowest BCUT2D eigenvalue weighted by molar-refractivity contribution is -0.0295. The van der Waals surface area contributed by atoms with Gasteiger partial charge in [0.15, 0.2) is 0 Å². The van der Waals surface area contributed by atoms with Crippen LogP contribution in [-0.4, -0.2) is 59.2 Å². The predicted molar refractivity (Wildman–Crippen MR) is 98.8 cm³/mol. The molecule has 6 nitrogen and oxygen atoms in total. The Balaban J connectivity index is 1.59. The van der Waals surface area contributed by atoms with E-state index >= 15 is 0 Å². The summed E-state index contributed by atoms with van der Waals surface area (Å²) in [5, 5.41) is 3.00. The number of nitrogens with zero attached hydrogens (tertiary/aromatic N) is 3. The highest BCUT2D eigenvalue weighted by atomic mass is 16.5. The number of carbonyl (C=O) groups excluding carboxylic acids is 1. The van der Waals surface area contributed by atoms with Crippen molar-refractivity contribution in [2.75, 3.05) is 32.8 Å². The maximum Gasteiger partial charge on any atom is 0.251 e. The van der Waals surface area contributed by atoms with Gasteiger partial charge in [-0.15, -0.1) is 0 Å². The average molecular weight is 344 g/mol. The van der Waals surface area contributed by atoms with Crippen molar-refractivity contribution >= 4 is 16.9 Å². The summed E-state index contributed by atoms with van der Waals surface area (Å²) in [7, 11) is 1.98. The van der Waals surface area contributed by atoms with Crippen molar-refractivity contribution in [2.45, 2.75) is 26.9 Å². The Morgan fingerprint density at radius 1 is 1.44 bits per heavy atom. The number of hydrogen-bond acceptors (Lipinski definition) is 4. The van der Waals surface area contributed by atoms with Crippen LogP contribution in [0, 0.1) is 12.8 Å². The smallest absolute Gasteiger partial charge is 0.251 e. The Bertz CT molecular complexity index is 753. The zero-order valence-electron chi connectivity index (χ0n) is 15.6. The number of amides is 1. The highest BCUT2D eigenvalue weighted by molar-refractivity contribution is 5.97. The second kappa shape index (κ2) is 7.54. The van der Waals surface area contributed by atoms with E-state index < -0.39 is 0 Å². The Labute approximate surface area is 149 Å². The van der Waals surface area contributed by atoms with Gasteiger partial charge in [0.05, 0.1) is 23.7 Å². The number of aryl methyl sites for hydroxylation is 2. The van der Waals surface area contributed by atoms with Crippen LogP contribution in [-0.2, 0) is 11.8 Å². The fraction of sp³-hybridized carbons (Fsp3) is 0.579. The summed E-state index contributed by atoms with van der Waals surface area (Å²) in [5.41, 5.74) is 2.53. The molecule has 1 fully saturated rings. The van der Waals surface area contributed by atoms with Crippen molar-refractivity contribution in [1.82, 2.24) is 19.8 Å². The maximum absolute atomic E-state index is 12.5. The zero-order chi connectivity index (χ0) is 18.0. The first kappa shape index (κ1) is 17.9. The van der Waals surface area contributed by atoms with Crippen molar-refractivity contribution in [3.63, 3.8) is 0 Å². The lowest BCUT2D eigenvalue weighted by Crippen LogP contribution is -2.48. The molecule has 0 unspecified atom stereocenters. The summed E-state index contributed by atoms with van der Waals surface area (Å²) in [4.78, 5) is 19.4. The Kier molecular flexibility index (Phi) is 5.39. The van der Waals surface area contributed by atoms with Gasteiger partial charge in [-0.2, -0.15) is 0 Å². The third kappa shape index (κ3) is 4.19. The van der Waals surface area contributed by atoms with Gasteiger partial charge in [-0.25, -0.2) is 4.98 Å². The highest BCUT2D eigenvalue weighted by Crippen LogP contribution is 2.16. The molecule has 0 saturated carbocycles. The number of imidazole rings is 1. The first-order chi connectivity index (χ1) is 11.9. The van der Waals surface area contributed by atoms with Crippen molar-refractivity contribution in [3.05, 3.63) is 29.6 Å². The van der Waals surface area contributed by atoms with Gasteiger partial charge in [0.2, 0.25) is 0 Å². The lowest BCUT2D eigenvalue weighted by atomic mass is 10.1. The molecule has 0 aliphatic carbocycles. The van der Waals surface area contributed by atoms with E-state index in [1.807, 2.05) is 36.7 Å². The standard InChI is InChI=1S/C19H28N4O2/c1-13(2)11-23-7-8-25-16(12-23)10-20-19(24)15-5-6-18-17(9-15)21-14(3)22(18)4/h5-6,9,13,16H,7-8,10-12H2,1-4H3,(H,20,24)/t16-/m1/s1. The molecular formula is C19H28N4O2. The van der Waals surface area contributed by atoms with Gasteiger partial charge in [0.1, 0.15) is 5.82 Å². The van der Waals surface area contributed by atoms with Crippen LogP contribution >= 0.6 is 0 Å². The number of nitrogens with one attached hydrogen (secondary N) is 1. The topological polar surface area (TPSA) is 59.4 Å². The summed E-state index contributed by atoms with van der Waals surface area (Å²) < 4.78 is 7.82. The number of fused-ring (bicyclic) bond motifs is 1. The van der Waals surface area contributed by atoms with Crippen molar-refractivity contribution in [3.8, 4) is 0 Å². The van der Waals surface area contributed by atoms with E-state index in [1.54, 1.807) is 0 Å². The van der Waals surface area contributed by atoms with Crippen LogP contribution in [0.1, 0.15) is 30.0 Å². The highest BCUT2D eigenvalue weighted by Gasteiger charge is 2.21. The fourth-order valence-electron chi connectivity index (χ4n) is 3.36. The van der Waals surface area contributed by atoms with Crippen molar-refractivity contribution in [2.24, 2.45) is 13.0 Å². The van der Waals surface area contributed by atoms with Crippen LogP contribution in [0.5, 0.6) is 0 Å². The van der Waals surface area contributed by atoms with Gasteiger partial charge in [-0.05, 0) is 31.0 Å². The molecule has 6 heteroatoms. The Morgan fingerprint density at radius 3 is 3.00 bits per heavy atom. The molecule has 1 aromatic heterocycles. The van der Waals surface area contributed by atoms with Gasteiger partial charge >= 0.3 is 0 Å². The summed E-state index contributed by atoms with van der Waals surface area (Å²) in [6, 6.07) is 5.65. The van der Waals surface area contributed by atoms with Crippen LogP contribution < -0.4 is 5.32 Å². The van der Waals surface area contributed by atoms with Crippen LogP contribution in [0.2, 0.25) is 0 Å². The summed E-state index contributed by atoms with van der Waals surface area (Å²) in [6.45, 7) is 10.6. The molecule has 136 valence electrons. The second-order valence-electron chi connectivity index (χ2n) is 7.28. The lowest BCUT2D eigenvalue weighted by Gasteiger charge is -2.33. The number of aromatic nitrogens is 2. The molecule has 1 N–H and O–H groups in total. The minimum atomic E-state index is -0.0743. The van der Waals surface area contributed by atoms with Crippen molar-refractivity contribution in [1.29, 1.82) is 0 Å². The van der Waals surface area contributed by atoms with E-state index in [0.29, 0.717) is 18.0 Å². The van der Waals surface area contributed by atoms with E-state index in [2.05, 4.69) is 29.0 Å². The van der Waals surface area contributed by atoms with Crippen LogP contribution in [0.4, 0.5) is 0 Å². The molecule has 0 radical (unpaired) electrons. The number of morpholine rings is 1. The average Bonchev–Trinajstić information content (AvgIpc) is 2.86. The minimum absolute atomic E-state index is 0.0530. The first-order valence-corrected chi connectivity index (χ1v) is 8.99. The number of benzene rings is 1. The van der Waals surface area contributed by atoms with E-state index in [9.17, 15) is 4.79 Å². The number of carbonyl (C=O) groups is 1. The molecule has 1 amide bonds. The molecule has 2 aromatic rings. The normalized spacial score (nSPS) is 18.8. The molecule has 3 rings (SSSR count). The van der Waals surface area contributed by atoms with Crippen LogP contribution in [0.15, 0.2) is 18.2 Å². The second-order valence-corrected chi connectivity index (χ2v) is 7.28. The fourth-order valence-corrected chi connectivity index (χ4v) is 3.36. The first-order valence-electron chi connectivity index (χ1n) is 8.99. The van der Waals surface area contributed by atoms with Gasteiger partial charge in [0, 0.05) is 38.8 Å². The maximum atomic E-state index is 12.5. The quantitative estimate of drug-likeness (QED) is 0.901. The predicted octanol–water partition coefficient (Wildman–Crippen LogP) is 1.97. The molecule has 1 aliphatic heterocycles. The SMILES string of the molecule is Cc1nc2cc(C(=O)NC[C@@H]3CN(CC(C)C)CCO3)ccc2n1C. The molecule has 2 heterocycles. The van der Waals surface area contributed by atoms with E-state index in [4.69, 9.17) is 4.74 Å². The molecule has 1 atom stereocenters. The summed E-state index contributed by atoms with van der Waals surface area (Å²) >= 11 is 0. The Hall–Kier alpha value is -1.92. The van der Waals surface area contributed by atoms with Gasteiger partial charge in [-0.1, -0.05) is 13.8 Å². The summed E-state index contributed by atoms with van der Waals surface area (Å²) in [6.07, 6.45) is 0.0530. The van der Waals surface area contributed by atoms with Crippen LogP contribution in [0.3, 0.4) is 0 Å². The van der Waals surface area contributed by atoms with Crippen LogP contribution in [0.25, 0.3) is 11.0 Å². The Morgan fingerprint density at radius 2 is 2.24 bits per heavy atom. The summed E-state index contributed by atoms with van der Waals surface area (Å²) in [5.74, 6) is 1.50. The molecule has 1 aliphatic rings. The van der Waals surface area contributed by atoms with Gasteiger partial charge in [-0.3, -0.25) is 9.69 Å². The number of rotatable bonds is 5. The third-order valence-corrected chi connectivity index (χ3v) is 4.70. The van der Waals surface area contributed by atoms with E-state index in [0.717, 1.165) is 43.1 Å². The van der Waals surface area contributed by atoms with Crippen molar-refractivity contribution < 1.29 is 9.53 Å². The zero-order valence-corrected chi connectivity index (χ0v) is 15.6. The van der Waals surface area contributed by atoms with Gasteiger partial charge < -0.3 is 14.6 Å². The monoisotopic (exact) mass is 344 g/mol. The third-order valence-electron chi connectivity index (χ3n) is 4.70. The van der Waals surface area contributed by atoms with Gasteiger partial charge in [0.25, 0.3) is 5.91 Å². The van der Waals surface area contributed by atoms with E-state index in [-0.39, 0.29) is 12.0 Å². The molecule has 25 heavy (non-hydrogen) atoms. The molecule has 0 bridgehead atoms. The molecule has 1 aromatic carbocycles.